The zero-order chi connectivity index (χ0) is 19.9. The summed E-state index contributed by atoms with van der Waals surface area (Å²) in [4.78, 5) is 28.7. The first kappa shape index (κ1) is 19.9. The van der Waals surface area contributed by atoms with E-state index in [1.54, 1.807) is 12.1 Å². The van der Waals surface area contributed by atoms with E-state index in [-0.39, 0.29) is 24.3 Å². The van der Waals surface area contributed by atoms with Crippen LogP contribution >= 0.6 is 39.1 Å². The molecule has 3 aromatic rings. The number of fused-ring (bicyclic) bond motifs is 1. The number of aliphatic hydroxyl groups excluding tert-OH is 1. The molecule has 27 heavy (non-hydrogen) atoms. The molecule has 2 heterocycles. The van der Waals surface area contributed by atoms with Crippen LogP contribution in [0.25, 0.3) is 11.2 Å². The SMILES string of the molecule is Cn1c(=O)c2c(nc(Br)n2C[C@H](O)COc2ccc(Cl)cc2Cl)n(C)c1=O. The van der Waals surface area contributed by atoms with Gasteiger partial charge in [-0.1, -0.05) is 23.2 Å². The molecule has 1 N–H and O–H groups in total. The Morgan fingerprint density at radius 1 is 1.26 bits per heavy atom. The predicted molar refractivity (Wildman–Crippen MR) is 106 cm³/mol. The molecule has 0 amide bonds. The predicted octanol–water partition coefficient (Wildman–Crippen LogP) is 1.94. The van der Waals surface area contributed by atoms with Gasteiger partial charge in [-0.05, 0) is 34.1 Å². The molecule has 11 heteroatoms. The molecule has 0 aliphatic rings. The van der Waals surface area contributed by atoms with Gasteiger partial charge in [-0.15, -0.1) is 0 Å². The van der Waals surface area contributed by atoms with Gasteiger partial charge < -0.3 is 14.4 Å². The summed E-state index contributed by atoms with van der Waals surface area (Å²) >= 11 is 15.1. The first-order valence-electron chi connectivity index (χ1n) is 7.78. The van der Waals surface area contributed by atoms with Crippen LogP contribution in [0.5, 0.6) is 5.75 Å². The third kappa shape index (κ3) is 3.77. The summed E-state index contributed by atoms with van der Waals surface area (Å²) in [5.41, 5.74) is -0.551. The van der Waals surface area contributed by atoms with Crippen molar-refractivity contribution in [1.29, 1.82) is 0 Å². The Morgan fingerprint density at radius 2 is 1.96 bits per heavy atom. The lowest BCUT2D eigenvalue weighted by molar-refractivity contribution is 0.0929. The van der Waals surface area contributed by atoms with Crippen molar-refractivity contribution in [2.45, 2.75) is 12.6 Å². The molecule has 0 bridgehead atoms. The first-order valence-corrected chi connectivity index (χ1v) is 9.33. The summed E-state index contributed by atoms with van der Waals surface area (Å²) < 4.78 is 9.60. The second-order valence-electron chi connectivity index (χ2n) is 5.91. The van der Waals surface area contributed by atoms with Crippen molar-refractivity contribution in [3.05, 3.63) is 53.8 Å². The molecule has 3 rings (SSSR count). The van der Waals surface area contributed by atoms with Gasteiger partial charge in [0, 0.05) is 19.1 Å². The van der Waals surface area contributed by atoms with Crippen molar-refractivity contribution < 1.29 is 9.84 Å². The van der Waals surface area contributed by atoms with Gasteiger partial charge in [-0.2, -0.15) is 0 Å². The number of nitrogens with zero attached hydrogens (tertiary/aromatic N) is 4. The average Bonchev–Trinajstić information content (AvgIpc) is 2.94. The van der Waals surface area contributed by atoms with E-state index in [1.807, 2.05) is 0 Å². The molecular formula is C16H15BrCl2N4O4. The summed E-state index contributed by atoms with van der Waals surface area (Å²) in [5, 5.41) is 11.2. The lowest BCUT2D eigenvalue weighted by Gasteiger charge is -2.15. The highest BCUT2D eigenvalue weighted by molar-refractivity contribution is 9.10. The van der Waals surface area contributed by atoms with E-state index in [2.05, 4.69) is 20.9 Å². The molecule has 0 saturated heterocycles. The molecule has 0 spiro atoms. The van der Waals surface area contributed by atoms with Crippen LogP contribution in [-0.4, -0.2) is 36.5 Å². The highest BCUT2D eigenvalue weighted by atomic mass is 79.9. The number of rotatable bonds is 5. The summed E-state index contributed by atoms with van der Waals surface area (Å²) in [7, 11) is 2.91. The standard InChI is InChI=1S/C16H15BrCl2N4O4/c1-21-13-12(14(25)22(2)16(21)26)23(15(17)20-13)6-9(24)7-27-11-4-3-8(18)5-10(11)19/h3-5,9,24H,6-7H2,1-2H3/t9-/m0/s1. The van der Waals surface area contributed by atoms with Gasteiger partial charge in [0.25, 0.3) is 5.56 Å². The van der Waals surface area contributed by atoms with Crippen molar-refractivity contribution >= 4 is 50.3 Å². The normalized spacial score (nSPS) is 12.5. The van der Waals surface area contributed by atoms with Crippen molar-refractivity contribution in [2.24, 2.45) is 14.1 Å². The van der Waals surface area contributed by atoms with Crippen LogP contribution in [0.3, 0.4) is 0 Å². The zero-order valence-corrected chi connectivity index (χ0v) is 17.4. The third-order valence-corrected chi connectivity index (χ3v) is 5.16. The highest BCUT2D eigenvalue weighted by Gasteiger charge is 2.20. The Bertz CT molecular complexity index is 1140. The zero-order valence-electron chi connectivity index (χ0n) is 14.3. The second-order valence-corrected chi connectivity index (χ2v) is 7.46. The second kappa shape index (κ2) is 7.67. The molecule has 0 radical (unpaired) electrons. The fraction of sp³-hybridized carbons (Fsp3) is 0.312. The quantitative estimate of drug-likeness (QED) is 0.567. The minimum Gasteiger partial charge on any atom is -0.489 e. The van der Waals surface area contributed by atoms with Crippen LogP contribution in [0.4, 0.5) is 0 Å². The Labute approximate surface area is 171 Å². The lowest BCUT2D eigenvalue weighted by Crippen LogP contribution is -2.38. The number of ether oxygens (including phenoxy) is 1. The van der Waals surface area contributed by atoms with E-state index in [9.17, 15) is 14.7 Å². The molecule has 0 saturated carbocycles. The van der Waals surface area contributed by atoms with Crippen LogP contribution in [0.15, 0.2) is 32.5 Å². The number of aliphatic hydroxyl groups is 1. The van der Waals surface area contributed by atoms with Gasteiger partial charge in [0.2, 0.25) is 0 Å². The Hall–Kier alpha value is -1.81. The Morgan fingerprint density at radius 3 is 2.63 bits per heavy atom. The van der Waals surface area contributed by atoms with Gasteiger partial charge in [0.1, 0.15) is 18.5 Å². The molecule has 0 aliphatic heterocycles. The van der Waals surface area contributed by atoms with Gasteiger partial charge in [-0.25, -0.2) is 9.78 Å². The van der Waals surface area contributed by atoms with Crippen LogP contribution in [0, 0.1) is 0 Å². The highest BCUT2D eigenvalue weighted by Crippen LogP contribution is 2.27. The van der Waals surface area contributed by atoms with Gasteiger partial charge in [0.05, 0.1) is 11.6 Å². The first-order chi connectivity index (χ1) is 12.7. The summed E-state index contributed by atoms with van der Waals surface area (Å²) in [6, 6.07) is 4.76. The van der Waals surface area contributed by atoms with E-state index in [0.29, 0.717) is 20.5 Å². The summed E-state index contributed by atoms with van der Waals surface area (Å²) in [6.45, 7) is -0.0463. The maximum absolute atomic E-state index is 12.5. The van der Waals surface area contributed by atoms with E-state index < -0.39 is 17.4 Å². The molecule has 144 valence electrons. The molecule has 1 atom stereocenters. The molecule has 2 aromatic heterocycles. The summed E-state index contributed by atoms with van der Waals surface area (Å²) in [5.74, 6) is 0.382. The fourth-order valence-electron chi connectivity index (χ4n) is 2.63. The number of aryl methyl sites for hydroxylation is 1. The minimum atomic E-state index is -0.965. The van der Waals surface area contributed by atoms with Gasteiger partial charge >= 0.3 is 5.69 Å². The Balaban J connectivity index is 1.87. The number of aromatic nitrogens is 4. The smallest absolute Gasteiger partial charge is 0.332 e. The molecule has 0 aliphatic carbocycles. The largest absolute Gasteiger partial charge is 0.489 e. The van der Waals surface area contributed by atoms with Crippen LogP contribution < -0.4 is 16.0 Å². The maximum atomic E-state index is 12.5. The molecule has 0 unspecified atom stereocenters. The van der Waals surface area contributed by atoms with E-state index in [1.165, 1.54) is 29.3 Å². The molecular weight excluding hydrogens is 463 g/mol. The van der Waals surface area contributed by atoms with Crippen LogP contribution in [0.2, 0.25) is 10.0 Å². The van der Waals surface area contributed by atoms with Crippen LogP contribution in [0.1, 0.15) is 0 Å². The number of hydrogen-bond acceptors (Lipinski definition) is 5. The minimum absolute atomic E-state index is 0.0235. The van der Waals surface area contributed by atoms with E-state index in [0.717, 1.165) is 4.57 Å². The third-order valence-electron chi connectivity index (χ3n) is 4.02. The van der Waals surface area contributed by atoms with Gasteiger partial charge in [0.15, 0.2) is 15.9 Å². The van der Waals surface area contributed by atoms with Gasteiger partial charge in [-0.3, -0.25) is 13.9 Å². The van der Waals surface area contributed by atoms with Crippen molar-refractivity contribution in [3.63, 3.8) is 0 Å². The number of hydrogen-bond donors (Lipinski definition) is 1. The average molecular weight is 478 g/mol. The lowest BCUT2D eigenvalue weighted by atomic mass is 10.3. The topological polar surface area (TPSA) is 91.3 Å². The number of halogens is 3. The van der Waals surface area contributed by atoms with Crippen LogP contribution in [-0.2, 0) is 20.6 Å². The Kier molecular flexibility index (Phi) is 5.66. The molecule has 1 aromatic carbocycles. The van der Waals surface area contributed by atoms with Crippen molar-refractivity contribution in [1.82, 2.24) is 18.7 Å². The monoisotopic (exact) mass is 476 g/mol. The maximum Gasteiger partial charge on any atom is 0.332 e. The molecule has 0 fully saturated rings. The fourth-order valence-corrected chi connectivity index (χ4v) is 3.58. The van der Waals surface area contributed by atoms with Crippen molar-refractivity contribution in [3.8, 4) is 5.75 Å². The molecule has 8 nitrogen and oxygen atoms in total. The van der Waals surface area contributed by atoms with E-state index in [4.69, 9.17) is 27.9 Å². The summed E-state index contributed by atoms with van der Waals surface area (Å²) in [6.07, 6.45) is -0.965. The number of imidazole rings is 1. The van der Waals surface area contributed by atoms with E-state index >= 15 is 0 Å². The van der Waals surface area contributed by atoms with Crippen molar-refractivity contribution in [2.75, 3.05) is 6.61 Å². The number of benzene rings is 1.